The van der Waals surface area contributed by atoms with Crippen LogP contribution in [0.1, 0.15) is 25.6 Å². The predicted molar refractivity (Wildman–Crippen MR) is 92.1 cm³/mol. The summed E-state index contributed by atoms with van der Waals surface area (Å²) in [5, 5.41) is 0.352. The van der Waals surface area contributed by atoms with Gasteiger partial charge in [-0.15, -0.1) is 0 Å². The Labute approximate surface area is 151 Å². The zero-order chi connectivity index (χ0) is 18.2. The molecule has 0 aliphatic carbocycles. The van der Waals surface area contributed by atoms with Crippen LogP contribution in [-0.4, -0.2) is 51.9 Å². The third-order valence-corrected chi connectivity index (χ3v) is 5.87. The second-order valence-electron chi connectivity index (χ2n) is 6.38. The van der Waals surface area contributed by atoms with Crippen LogP contribution >= 0.6 is 11.6 Å². The summed E-state index contributed by atoms with van der Waals surface area (Å²) in [4.78, 5) is 12.2. The van der Waals surface area contributed by atoms with Crippen molar-refractivity contribution in [1.82, 2.24) is 23.8 Å². The molecule has 1 fully saturated rings. The number of hydrogen-bond donors (Lipinski definition) is 0. The zero-order valence-corrected chi connectivity index (χ0v) is 15.8. The monoisotopic (exact) mass is 385 g/mol. The van der Waals surface area contributed by atoms with E-state index in [9.17, 15) is 8.42 Å². The van der Waals surface area contributed by atoms with Gasteiger partial charge in [0.2, 0.25) is 5.88 Å². The first-order chi connectivity index (χ1) is 11.8. The molecule has 136 valence electrons. The smallest absolute Gasteiger partial charge is 0.262 e. The van der Waals surface area contributed by atoms with Crippen LogP contribution in [0.15, 0.2) is 23.6 Å². The van der Waals surface area contributed by atoms with E-state index in [0.29, 0.717) is 25.6 Å². The molecule has 1 saturated heterocycles. The molecule has 8 nitrogen and oxygen atoms in total. The molecule has 0 aromatic carbocycles. The van der Waals surface area contributed by atoms with Crippen molar-refractivity contribution in [3.63, 3.8) is 0 Å². The molecule has 25 heavy (non-hydrogen) atoms. The van der Waals surface area contributed by atoms with Crippen molar-refractivity contribution in [2.75, 3.05) is 19.7 Å². The van der Waals surface area contributed by atoms with Crippen molar-refractivity contribution in [1.29, 1.82) is 0 Å². The third kappa shape index (κ3) is 3.78. The maximum atomic E-state index is 12.6. The molecular weight excluding hydrogens is 366 g/mol. The van der Waals surface area contributed by atoms with Crippen molar-refractivity contribution in [2.24, 2.45) is 13.0 Å². The molecule has 0 spiro atoms. The summed E-state index contributed by atoms with van der Waals surface area (Å²) in [6.45, 7) is 5.11. The molecule has 3 rings (SSSR count). The molecule has 10 heteroatoms. The summed E-state index contributed by atoms with van der Waals surface area (Å²) in [5.41, 5.74) is 0. The number of sulfonamides is 1. The normalized spacial score (nSPS) is 16.2. The molecule has 0 atom stereocenters. The molecule has 0 bridgehead atoms. The van der Waals surface area contributed by atoms with E-state index in [2.05, 4.69) is 15.0 Å². The van der Waals surface area contributed by atoms with E-state index >= 15 is 0 Å². The van der Waals surface area contributed by atoms with Crippen LogP contribution in [0, 0.1) is 5.92 Å². The number of ether oxygens (including phenoxy) is 1. The van der Waals surface area contributed by atoms with Gasteiger partial charge in [0, 0.05) is 38.2 Å². The fraction of sp³-hybridized carbons (Fsp3) is 0.533. The summed E-state index contributed by atoms with van der Waals surface area (Å²) in [6, 6.07) is 0. The van der Waals surface area contributed by atoms with Gasteiger partial charge in [0.1, 0.15) is 5.82 Å². The maximum absolute atomic E-state index is 12.6. The molecule has 3 heterocycles. The van der Waals surface area contributed by atoms with Crippen LogP contribution in [0.4, 0.5) is 0 Å². The van der Waals surface area contributed by atoms with E-state index in [-0.39, 0.29) is 22.0 Å². The summed E-state index contributed by atoms with van der Waals surface area (Å²) >= 11 is 5.75. The Kier molecular flexibility index (Phi) is 4.99. The van der Waals surface area contributed by atoms with Crippen molar-refractivity contribution >= 4 is 21.6 Å². The highest BCUT2D eigenvalue weighted by atomic mass is 35.5. The van der Waals surface area contributed by atoms with Gasteiger partial charge < -0.3 is 9.30 Å². The lowest BCUT2D eigenvalue weighted by atomic mass is 10.1. The van der Waals surface area contributed by atoms with Crippen molar-refractivity contribution in [3.05, 3.63) is 29.6 Å². The molecular formula is C15H20ClN5O3S. The van der Waals surface area contributed by atoms with Crippen molar-refractivity contribution in [3.8, 4) is 5.88 Å². The predicted octanol–water partition coefficient (Wildman–Crippen LogP) is 1.69. The van der Waals surface area contributed by atoms with Gasteiger partial charge in [0.25, 0.3) is 10.0 Å². The number of nitrogens with zero attached hydrogens (tertiary/aromatic N) is 5. The first-order valence-electron chi connectivity index (χ1n) is 7.91. The standard InChI is InChI=1S/C15H20ClN5O3S/c1-10(2)15-19-14(8-20(15)3)25(22,23)21-6-11(7-21)9-24-13-5-17-4-12(16)18-13/h4-5,8,10-11H,6-7,9H2,1-3H3. The van der Waals surface area contributed by atoms with Crippen LogP contribution < -0.4 is 4.74 Å². The van der Waals surface area contributed by atoms with Gasteiger partial charge in [-0.2, -0.15) is 9.29 Å². The third-order valence-electron chi connectivity index (χ3n) is 3.98. The molecule has 1 aliphatic rings. The molecule has 0 unspecified atom stereocenters. The molecule has 0 N–H and O–H groups in total. The number of rotatable bonds is 6. The minimum Gasteiger partial charge on any atom is -0.476 e. The summed E-state index contributed by atoms with van der Waals surface area (Å²) in [5.74, 6) is 1.34. The lowest BCUT2D eigenvalue weighted by Gasteiger charge is -2.37. The Morgan fingerprint density at radius 3 is 2.64 bits per heavy atom. The number of hydrogen-bond acceptors (Lipinski definition) is 6. The highest BCUT2D eigenvalue weighted by molar-refractivity contribution is 7.89. The Balaban J connectivity index is 1.59. The van der Waals surface area contributed by atoms with Gasteiger partial charge in [-0.05, 0) is 0 Å². The number of aromatic nitrogens is 4. The summed E-state index contributed by atoms with van der Waals surface area (Å²) in [6.07, 6.45) is 4.46. The lowest BCUT2D eigenvalue weighted by molar-refractivity contribution is 0.126. The van der Waals surface area contributed by atoms with Gasteiger partial charge in [-0.3, -0.25) is 4.98 Å². The van der Waals surface area contributed by atoms with Gasteiger partial charge >= 0.3 is 0 Å². The topological polar surface area (TPSA) is 90.2 Å². The molecule has 0 saturated carbocycles. The highest BCUT2D eigenvalue weighted by Gasteiger charge is 2.38. The zero-order valence-electron chi connectivity index (χ0n) is 14.3. The van der Waals surface area contributed by atoms with Gasteiger partial charge in [-0.25, -0.2) is 13.4 Å². The number of halogens is 1. The molecule has 1 aliphatic heterocycles. The average Bonchev–Trinajstić information content (AvgIpc) is 2.88. The van der Waals surface area contributed by atoms with Crippen LogP contribution in [-0.2, 0) is 17.1 Å². The molecule has 0 radical (unpaired) electrons. The molecule has 0 amide bonds. The van der Waals surface area contributed by atoms with E-state index in [4.69, 9.17) is 16.3 Å². The quantitative estimate of drug-likeness (QED) is 0.751. The Bertz CT molecular complexity index is 862. The van der Waals surface area contributed by atoms with Crippen molar-refractivity contribution in [2.45, 2.75) is 24.8 Å². The fourth-order valence-electron chi connectivity index (χ4n) is 2.67. The van der Waals surface area contributed by atoms with Gasteiger partial charge in [0.05, 0.1) is 19.0 Å². The Morgan fingerprint density at radius 2 is 2.04 bits per heavy atom. The lowest BCUT2D eigenvalue weighted by Crippen LogP contribution is -2.51. The summed E-state index contributed by atoms with van der Waals surface area (Å²) in [7, 11) is -1.76. The maximum Gasteiger partial charge on any atom is 0.262 e. The first kappa shape index (κ1) is 18.1. The second-order valence-corrected chi connectivity index (χ2v) is 8.65. The largest absolute Gasteiger partial charge is 0.476 e. The minimum absolute atomic E-state index is 0.0961. The van der Waals surface area contributed by atoms with E-state index in [0.717, 1.165) is 5.82 Å². The molecule has 2 aromatic heterocycles. The first-order valence-corrected chi connectivity index (χ1v) is 9.73. The average molecular weight is 386 g/mol. The number of aryl methyl sites for hydroxylation is 1. The fourth-order valence-corrected chi connectivity index (χ4v) is 4.39. The highest BCUT2D eigenvalue weighted by Crippen LogP contribution is 2.26. The SMILES string of the molecule is CC(C)c1nc(S(=O)(=O)N2CC(COc3cncc(Cl)n3)C2)cn1C. The van der Waals surface area contributed by atoms with E-state index < -0.39 is 10.0 Å². The van der Waals surface area contributed by atoms with Crippen LogP contribution in [0.3, 0.4) is 0 Å². The summed E-state index contributed by atoms with van der Waals surface area (Å²) < 4.78 is 34.0. The molecule has 2 aromatic rings. The van der Waals surface area contributed by atoms with Gasteiger partial charge in [0.15, 0.2) is 10.2 Å². The van der Waals surface area contributed by atoms with Crippen molar-refractivity contribution < 1.29 is 13.2 Å². The van der Waals surface area contributed by atoms with Crippen LogP contribution in [0.5, 0.6) is 5.88 Å². The van der Waals surface area contributed by atoms with Gasteiger partial charge in [-0.1, -0.05) is 25.4 Å². The minimum atomic E-state index is -3.56. The van der Waals surface area contributed by atoms with E-state index in [1.807, 2.05) is 13.8 Å². The van der Waals surface area contributed by atoms with Crippen LogP contribution in [0.25, 0.3) is 0 Å². The van der Waals surface area contributed by atoms with E-state index in [1.165, 1.54) is 16.7 Å². The number of imidazole rings is 1. The van der Waals surface area contributed by atoms with E-state index in [1.54, 1.807) is 17.8 Å². The van der Waals surface area contributed by atoms with Crippen LogP contribution in [0.2, 0.25) is 5.15 Å². The Hall–Kier alpha value is -1.71. The second kappa shape index (κ2) is 6.89. The Morgan fingerprint density at radius 1 is 1.32 bits per heavy atom.